The number of rotatable bonds is 11. The SMILES string of the molecule is COC(=O)N[C@H](C(=O)N1CCC[C@H]1C1=NC=C(c2ccc(-c3ccc(C4=CN=C([C@@H]5CCCN5C(=O)[C@@H](NC(=O)N(C)C)C(C)C)C4)cc3)cc2)C1)C(C)C. The van der Waals surface area contributed by atoms with Crippen molar-refractivity contribution in [3.05, 3.63) is 72.1 Å². The van der Waals surface area contributed by atoms with Crippen LogP contribution in [0.5, 0.6) is 0 Å². The number of nitrogens with zero attached hydrogens (tertiary/aromatic N) is 5. The molecule has 12 heteroatoms. The molecule has 0 bridgehead atoms. The zero-order valence-electron chi connectivity index (χ0n) is 33.2. The van der Waals surface area contributed by atoms with Gasteiger partial charge in [0.1, 0.15) is 12.1 Å². The Labute approximate surface area is 324 Å². The molecule has 0 saturated carbocycles. The molecule has 2 fully saturated rings. The third kappa shape index (κ3) is 8.68. The van der Waals surface area contributed by atoms with Crippen LogP contribution in [0.4, 0.5) is 9.59 Å². The van der Waals surface area contributed by atoms with Crippen molar-refractivity contribution in [2.45, 2.75) is 90.4 Å². The minimum atomic E-state index is -0.654. The highest BCUT2D eigenvalue weighted by Gasteiger charge is 2.40. The van der Waals surface area contributed by atoms with Crippen molar-refractivity contribution < 1.29 is 23.9 Å². The zero-order chi connectivity index (χ0) is 39.4. The van der Waals surface area contributed by atoms with Crippen molar-refractivity contribution in [3.63, 3.8) is 0 Å². The van der Waals surface area contributed by atoms with Crippen LogP contribution in [0.2, 0.25) is 0 Å². The van der Waals surface area contributed by atoms with Crippen LogP contribution in [0.1, 0.15) is 77.3 Å². The Morgan fingerprint density at radius 3 is 1.45 bits per heavy atom. The Balaban J connectivity index is 1.04. The minimum Gasteiger partial charge on any atom is -0.453 e. The zero-order valence-corrected chi connectivity index (χ0v) is 33.2. The Hall–Kier alpha value is -5.26. The monoisotopic (exact) mass is 749 g/mol. The van der Waals surface area contributed by atoms with Gasteiger partial charge >= 0.3 is 12.1 Å². The summed E-state index contributed by atoms with van der Waals surface area (Å²) in [6.07, 6.45) is 8.13. The van der Waals surface area contributed by atoms with Gasteiger partial charge in [0.25, 0.3) is 0 Å². The van der Waals surface area contributed by atoms with E-state index >= 15 is 0 Å². The van der Waals surface area contributed by atoms with Crippen LogP contribution >= 0.6 is 0 Å². The van der Waals surface area contributed by atoms with Gasteiger partial charge in [-0.15, -0.1) is 0 Å². The number of allylic oxidation sites excluding steroid dienone is 2. The smallest absolute Gasteiger partial charge is 0.407 e. The van der Waals surface area contributed by atoms with Gasteiger partial charge in [-0.1, -0.05) is 76.2 Å². The van der Waals surface area contributed by atoms with Crippen molar-refractivity contribution >= 4 is 46.5 Å². The molecule has 0 aromatic heterocycles. The molecule has 4 aliphatic rings. The van der Waals surface area contributed by atoms with Gasteiger partial charge in [-0.2, -0.15) is 0 Å². The fourth-order valence-electron chi connectivity index (χ4n) is 8.00. The maximum absolute atomic E-state index is 13.7. The van der Waals surface area contributed by atoms with Gasteiger partial charge in [0.15, 0.2) is 0 Å². The van der Waals surface area contributed by atoms with Crippen molar-refractivity contribution in [2.24, 2.45) is 21.8 Å². The molecule has 4 aliphatic heterocycles. The lowest BCUT2D eigenvalue weighted by Gasteiger charge is -2.32. The molecular weight excluding hydrogens is 695 g/mol. The highest BCUT2D eigenvalue weighted by Crippen LogP contribution is 2.34. The average Bonchev–Trinajstić information content (AvgIpc) is 4.02. The fourth-order valence-corrected chi connectivity index (χ4v) is 8.00. The first-order chi connectivity index (χ1) is 26.4. The largest absolute Gasteiger partial charge is 0.453 e. The highest BCUT2D eigenvalue weighted by atomic mass is 16.5. The van der Waals surface area contributed by atoms with Crippen LogP contribution < -0.4 is 10.6 Å². The second-order valence-corrected chi connectivity index (χ2v) is 15.9. The van der Waals surface area contributed by atoms with E-state index in [-0.39, 0.29) is 41.8 Å². The van der Waals surface area contributed by atoms with Crippen LogP contribution in [-0.2, 0) is 14.3 Å². The summed E-state index contributed by atoms with van der Waals surface area (Å²) in [4.78, 5) is 66.5. The molecule has 55 heavy (non-hydrogen) atoms. The number of methoxy groups -OCH3 is 1. The van der Waals surface area contributed by atoms with Crippen LogP contribution in [0.3, 0.4) is 0 Å². The number of likely N-dealkylation sites (tertiary alicyclic amines) is 2. The van der Waals surface area contributed by atoms with Crippen molar-refractivity contribution in [1.29, 1.82) is 0 Å². The van der Waals surface area contributed by atoms with E-state index in [1.807, 2.05) is 49.9 Å². The Morgan fingerprint density at radius 1 is 0.673 bits per heavy atom. The van der Waals surface area contributed by atoms with E-state index < -0.39 is 18.2 Å². The number of urea groups is 1. The Bertz CT molecular complexity index is 1890. The van der Waals surface area contributed by atoms with Gasteiger partial charge in [-0.3, -0.25) is 19.6 Å². The van der Waals surface area contributed by atoms with Gasteiger partial charge in [-0.05, 0) is 70.9 Å². The molecule has 4 atom stereocenters. The fraction of sp³-hybridized carbons (Fsp3) is 0.488. The lowest BCUT2D eigenvalue weighted by atomic mass is 9.94. The topological polar surface area (TPSA) is 136 Å². The number of amides is 5. The third-order valence-electron chi connectivity index (χ3n) is 11.2. The number of aliphatic imine (C=N–C) groups is 2. The van der Waals surface area contributed by atoms with E-state index in [9.17, 15) is 19.2 Å². The number of nitrogens with one attached hydrogen (secondary N) is 2. The molecule has 6 rings (SSSR count). The van der Waals surface area contributed by atoms with Gasteiger partial charge in [-0.25, -0.2) is 9.59 Å². The molecular formula is C43H55N7O5. The second-order valence-electron chi connectivity index (χ2n) is 15.9. The normalized spacial score (nSPS) is 20.5. The summed E-state index contributed by atoms with van der Waals surface area (Å²) in [6, 6.07) is 15.4. The van der Waals surface area contributed by atoms with E-state index in [0.29, 0.717) is 25.9 Å². The maximum atomic E-state index is 13.7. The molecule has 12 nitrogen and oxygen atoms in total. The number of ether oxygens (including phenoxy) is 1. The molecule has 4 heterocycles. The van der Waals surface area contributed by atoms with Crippen LogP contribution in [0.15, 0.2) is 70.9 Å². The van der Waals surface area contributed by atoms with E-state index in [1.54, 1.807) is 14.1 Å². The summed E-state index contributed by atoms with van der Waals surface area (Å²) in [5.74, 6) is -0.260. The molecule has 2 saturated heterocycles. The summed E-state index contributed by atoms with van der Waals surface area (Å²) in [5.41, 5.74) is 8.65. The predicted octanol–water partition coefficient (Wildman–Crippen LogP) is 6.38. The number of alkyl carbamates (subject to hydrolysis) is 1. The number of hydrogen-bond acceptors (Lipinski definition) is 7. The minimum absolute atomic E-state index is 0.0392. The first kappa shape index (κ1) is 39.4. The van der Waals surface area contributed by atoms with Crippen LogP contribution in [0.25, 0.3) is 22.3 Å². The molecule has 0 spiro atoms. The van der Waals surface area contributed by atoms with Gasteiger partial charge < -0.3 is 30.1 Å². The van der Waals surface area contributed by atoms with Crippen LogP contribution in [-0.4, -0.2) is 109 Å². The quantitative estimate of drug-likeness (QED) is 0.275. The Kier molecular flexibility index (Phi) is 12.2. The molecule has 5 amide bonds. The number of carbonyl (C=O) groups is 4. The number of hydrogen-bond donors (Lipinski definition) is 2. The van der Waals surface area contributed by atoms with Crippen molar-refractivity contribution in [3.8, 4) is 11.1 Å². The molecule has 2 N–H and O–H groups in total. The summed E-state index contributed by atoms with van der Waals surface area (Å²) < 4.78 is 4.77. The van der Waals surface area contributed by atoms with E-state index in [1.165, 1.54) is 12.0 Å². The predicted molar refractivity (Wildman–Crippen MR) is 216 cm³/mol. The molecule has 2 aromatic carbocycles. The van der Waals surface area contributed by atoms with Crippen LogP contribution in [0, 0.1) is 11.8 Å². The molecule has 2 aromatic rings. The third-order valence-corrected chi connectivity index (χ3v) is 11.2. The van der Waals surface area contributed by atoms with E-state index in [2.05, 4.69) is 59.2 Å². The van der Waals surface area contributed by atoms with Crippen molar-refractivity contribution in [2.75, 3.05) is 34.3 Å². The van der Waals surface area contributed by atoms with E-state index in [4.69, 9.17) is 14.7 Å². The molecule has 0 unspecified atom stereocenters. The lowest BCUT2D eigenvalue weighted by Crippen LogP contribution is -2.55. The first-order valence-electron chi connectivity index (χ1n) is 19.5. The lowest BCUT2D eigenvalue weighted by molar-refractivity contribution is -0.134. The molecule has 292 valence electrons. The van der Waals surface area contributed by atoms with Gasteiger partial charge in [0.05, 0.1) is 19.2 Å². The second kappa shape index (κ2) is 17.0. The summed E-state index contributed by atoms with van der Waals surface area (Å²) in [6.45, 7) is 9.06. The molecule has 0 radical (unpaired) electrons. The molecule has 0 aliphatic carbocycles. The summed E-state index contributed by atoms with van der Waals surface area (Å²) >= 11 is 0. The number of carbonyl (C=O) groups excluding carboxylic acids is 4. The maximum Gasteiger partial charge on any atom is 0.407 e. The number of benzene rings is 2. The Morgan fingerprint density at radius 2 is 1.07 bits per heavy atom. The highest BCUT2D eigenvalue weighted by molar-refractivity contribution is 6.05. The van der Waals surface area contributed by atoms with Gasteiger partial charge in [0, 0.05) is 63.8 Å². The van der Waals surface area contributed by atoms with Gasteiger partial charge in [0.2, 0.25) is 11.8 Å². The standard InChI is InChI=1S/C43H55N7O5/c1-26(2)38(46-42(53)48(5)6)40(51)49-20-8-10-36(49)34-22-32(24-44-34)30-16-12-28(13-17-30)29-14-18-31(19-15-29)33-23-35(45-25-33)37-11-9-21-50(37)41(52)39(27(3)4)47-43(54)55-7/h12-19,24-27,36-39H,8-11,20-23H2,1-7H3,(H,46,53)(H,47,54)/t36-,37-,38-,39-/m0/s1. The average molecular weight is 750 g/mol. The van der Waals surface area contributed by atoms with E-state index in [0.717, 1.165) is 70.5 Å². The first-order valence-corrected chi connectivity index (χ1v) is 19.5. The summed E-state index contributed by atoms with van der Waals surface area (Å²) in [7, 11) is 4.65. The van der Waals surface area contributed by atoms with Crippen molar-refractivity contribution in [1.82, 2.24) is 25.3 Å². The summed E-state index contributed by atoms with van der Waals surface area (Å²) in [5, 5.41) is 5.63.